The summed E-state index contributed by atoms with van der Waals surface area (Å²) in [6.07, 6.45) is 5.86. The number of aromatic nitrogens is 1. The molecule has 0 atom stereocenters. The van der Waals surface area contributed by atoms with Crippen LogP contribution in [-0.2, 0) is 6.54 Å². The van der Waals surface area contributed by atoms with Crippen molar-refractivity contribution in [2.24, 2.45) is 5.92 Å². The molecule has 1 aromatic heterocycles. The Balaban J connectivity index is 1.76. The fourth-order valence-corrected chi connectivity index (χ4v) is 3.11. The van der Waals surface area contributed by atoms with Gasteiger partial charge < -0.3 is 15.0 Å². The molecule has 4 heteroatoms. The molecule has 0 unspecified atom stereocenters. The van der Waals surface area contributed by atoms with Crippen LogP contribution in [0.2, 0.25) is 0 Å². The van der Waals surface area contributed by atoms with Crippen molar-refractivity contribution in [3.63, 3.8) is 0 Å². The van der Waals surface area contributed by atoms with E-state index in [1.807, 2.05) is 13.1 Å². The van der Waals surface area contributed by atoms with Crippen LogP contribution < -0.4 is 10.1 Å². The van der Waals surface area contributed by atoms with Gasteiger partial charge in [0, 0.05) is 23.9 Å². The van der Waals surface area contributed by atoms with Crippen molar-refractivity contribution in [3.05, 3.63) is 23.0 Å². The number of hydrogen-bond acceptors (Lipinski definition) is 4. The SMILES string of the molecule is COc1c(C)cnc(CNCCC2CCN(C)CC2)c1C. The van der Waals surface area contributed by atoms with E-state index < -0.39 is 0 Å². The topological polar surface area (TPSA) is 37.4 Å². The van der Waals surface area contributed by atoms with E-state index in [1.54, 1.807) is 7.11 Å². The normalized spacial score (nSPS) is 17.1. The van der Waals surface area contributed by atoms with E-state index in [9.17, 15) is 0 Å². The highest BCUT2D eigenvalue weighted by Gasteiger charge is 2.16. The minimum absolute atomic E-state index is 0.828. The monoisotopic (exact) mass is 291 g/mol. The molecule has 1 aromatic rings. The fraction of sp³-hybridized carbons (Fsp3) is 0.706. The first-order chi connectivity index (χ1) is 10.1. The molecule has 2 heterocycles. The summed E-state index contributed by atoms with van der Waals surface area (Å²) in [5.41, 5.74) is 3.36. The lowest BCUT2D eigenvalue weighted by molar-refractivity contribution is 0.211. The number of nitrogens with zero attached hydrogens (tertiary/aromatic N) is 2. The lowest BCUT2D eigenvalue weighted by atomic mass is 9.94. The Hall–Kier alpha value is -1.13. The van der Waals surface area contributed by atoms with Crippen molar-refractivity contribution in [2.45, 2.75) is 39.7 Å². The zero-order chi connectivity index (χ0) is 15.2. The Morgan fingerprint density at radius 1 is 1.33 bits per heavy atom. The van der Waals surface area contributed by atoms with Gasteiger partial charge >= 0.3 is 0 Å². The Morgan fingerprint density at radius 2 is 2.05 bits per heavy atom. The third kappa shape index (κ3) is 4.42. The molecule has 0 amide bonds. The first-order valence-corrected chi connectivity index (χ1v) is 8.00. The molecule has 1 aliphatic heterocycles. The van der Waals surface area contributed by atoms with E-state index in [-0.39, 0.29) is 0 Å². The number of rotatable bonds is 6. The second-order valence-electron chi connectivity index (χ2n) is 6.26. The van der Waals surface area contributed by atoms with E-state index in [0.29, 0.717) is 0 Å². The van der Waals surface area contributed by atoms with Crippen molar-refractivity contribution < 1.29 is 4.74 Å². The van der Waals surface area contributed by atoms with Gasteiger partial charge in [0.05, 0.1) is 12.8 Å². The van der Waals surface area contributed by atoms with Gasteiger partial charge in [-0.1, -0.05) is 0 Å². The lowest BCUT2D eigenvalue weighted by Gasteiger charge is -2.28. The first-order valence-electron chi connectivity index (χ1n) is 8.00. The van der Waals surface area contributed by atoms with Crippen molar-refractivity contribution in [1.82, 2.24) is 15.2 Å². The Labute approximate surface area is 128 Å². The zero-order valence-corrected chi connectivity index (χ0v) is 13.9. The van der Waals surface area contributed by atoms with Crippen LogP contribution in [0.25, 0.3) is 0 Å². The van der Waals surface area contributed by atoms with Crippen molar-refractivity contribution in [3.8, 4) is 5.75 Å². The number of likely N-dealkylation sites (tertiary alicyclic amines) is 1. The summed E-state index contributed by atoms with van der Waals surface area (Å²) in [5, 5.41) is 3.54. The highest BCUT2D eigenvalue weighted by molar-refractivity contribution is 5.40. The maximum absolute atomic E-state index is 5.46. The summed E-state index contributed by atoms with van der Waals surface area (Å²) >= 11 is 0. The van der Waals surface area contributed by atoms with Crippen LogP contribution in [0.3, 0.4) is 0 Å². The Morgan fingerprint density at radius 3 is 2.71 bits per heavy atom. The second kappa shape index (κ2) is 7.76. The summed E-state index contributed by atoms with van der Waals surface area (Å²) in [6.45, 7) is 8.53. The summed E-state index contributed by atoms with van der Waals surface area (Å²) in [5.74, 6) is 1.85. The Kier molecular flexibility index (Phi) is 6.00. The molecule has 0 saturated carbocycles. The molecule has 1 N–H and O–H groups in total. The molecule has 118 valence electrons. The van der Waals surface area contributed by atoms with E-state index in [0.717, 1.165) is 41.6 Å². The minimum atomic E-state index is 0.828. The molecule has 0 radical (unpaired) electrons. The third-order valence-electron chi connectivity index (χ3n) is 4.61. The van der Waals surface area contributed by atoms with Gasteiger partial charge in [0.25, 0.3) is 0 Å². The molecular weight excluding hydrogens is 262 g/mol. The fourth-order valence-electron chi connectivity index (χ4n) is 3.11. The molecule has 1 saturated heterocycles. The molecule has 0 spiro atoms. The highest BCUT2D eigenvalue weighted by Crippen LogP contribution is 2.24. The summed E-state index contributed by atoms with van der Waals surface area (Å²) in [4.78, 5) is 6.96. The predicted molar refractivity (Wildman–Crippen MR) is 86.8 cm³/mol. The molecular formula is C17H29N3O. The predicted octanol–water partition coefficient (Wildman–Crippen LogP) is 2.53. The van der Waals surface area contributed by atoms with Gasteiger partial charge in [-0.05, 0) is 65.7 Å². The van der Waals surface area contributed by atoms with Gasteiger partial charge in [-0.25, -0.2) is 0 Å². The van der Waals surface area contributed by atoms with E-state index >= 15 is 0 Å². The molecule has 2 rings (SSSR count). The van der Waals surface area contributed by atoms with Crippen LogP contribution in [0.4, 0.5) is 0 Å². The maximum atomic E-state index is 5.46. The largest absolute Gasteiger partial charge is 0.496 e. The zero-order valence-electron chi connectivity index (χ0n) is 13.9. The van der Waals surface area contributed by atoms with Gasteiger partial charge in [0.1, 0.15) is 5.75 Å². The number of hydrogen-bond donors (Lipinski definition) is 1. The molecule has 0 bridgehead atoms. The van der Waals surface area contributed by atoms with Gasteiger partial charge in [-0.3, -0.25) is 4.98 Å². The molecule has 0 aliphatic carbocycles. The van der Waals surface area contributed by atoms with E-state index in [2.05, 4.69) is 29.2 Å². The summed E-state index contributed by atoms with van der Waals surface area (Å²) in [6, 6.07) is 0. The molecule has 1 fully saturated rings. The van der Waals surface area contributed by atoms with Gasteiger partial charge in [0.2, 0.25) is 0 Å². The molecule has 0 aromatic carbocycles. The van der Waals surface area contributed by atoms with Crippen LogP contribution >= 0.6 is 0 Å². The number of ether oxygens (including phenoxy) is 1. The van der Waals surface area contributed by atoms with Gasteiger partial charge in [0.15, 0.2) is 0 Å². The van der Waals surface area contributed by atoms with Crippen LogP contribution in [0.1, 0.15) is 36.1 Å². The van der Waals surface area contributed by atoms with Crippen LogP contribution in [0, 0.1) is 19.8 Å². The molecule has 1 aliphatic rings. The number of pyridine rings is 1. The minimum Gasteiger partial charge on any atom is -0.496 e. The van der Waals surface area contributed by atoms with E-state index in [4.69, 9.17) is 4.74 Å². The Bertz CT molecular complexity index is 454. The lowest BCUT2D eigenvalue weighted by Crippen LogP contribution is -2.31. The summed E-state index contributed by atoms with van der Waals surface area (Å²) < 4.78 is 5.46. The number of methoxy groups -OCH3 is 1. The third-order valence-corrected chi connectivity index (χ3v) is 4.61. The standard InChI is InChI=1S/C17H29N3O/c1-13-11-19-16(14(2)17(13)21-4)12-18-8-5-15-6-9-20(3)10-7-15/h11,15,18H,5-10,12H2,1-4H3. The van der Waals surface area contributed by atoms with Crippen molar-refractivity contribution >= 4 is 0 Å². The van der Waals surface area contributed by atoms with Gasteiger partial charge in [-0.15, -0.1) is 0 Å². The van der Waals surface area contributed by atoms with Crippen LogP contribution in [0.15, 0.2) is 6.20 Å². The summed E-state index contributed by atoms with van der Waals surface area (Å²) in [7, 11) is 3.94. The first kappa shape index (κ1) is 16.2. The quantitative estimate of drug-likeness (QED) is 0.817. The number of piperidine rings is 1. The smallest absolute Gasteiger partial charge is 0.128 e. The van der Waals surface area contributed by atoms with Crippen molar-refractivity contribution in [2.75, 3.05) is 33.8 Å². The maximum Gasteiger partial charge on any atom is 0.128 e. The van der Waals surface area contributed by atoms with Crippen molar-refractivity contribution in [1.29, 1.82) is 0 Å². The average Bonchev–Trinajstić information content (AvgIpc) is 2.48. The van der Waals surface area contributed by atoms with Gasteiger partial charge in [-0.2, -0.15) is 0 Å². The second-order valence-corrected chi connectivity index (χ2v) is 6.26. The van der Waals surface area contributed by atoms with Crippen LogP contribution in [-0.4, -0.2) is 43.7 Å². The molecule has 4 nitrogen and oxygen atoms in total. The highest BCUT2D eigenvalue weighted by atomic mass is 16.5. The average molecular weight is 291 g/mol. The number of nitrogens with one attached hydrogen (secondary N) is 1. The number of aryl methyl sites for hydroxylation is 1. The van der Waals surface area contributed by atoms with Crippen LogP contribution in [0.5, 0.6) is 5.75 Å². The molecule has 21 heavy (non-hydrogen) atoms. The van der Waals surface area contributed by atoms with E-state index in [1.165, 1.54) is 32.4 Å².